The quantitative estimate of drug-likeness (QED) is 0.853. The number of aromatic nitrogens is 2. The molecule has 1 aromatic heterocycles. The number of nitrogens with zero attached hydrogens (tertiary/aromatic N) is 4. The minimum atomic E-state index is 0.460. The van der Waals surface area contributed by atoms with Gasteiger partial charge >= 0.3 is 0 Å². The topological polar surface area (TPSA) is 41.5 Å². The Labute approximate surface area is 140 Å². The first-order valence-electron chi connectivity index (χ1n) is 8.83. The summed E-state index contributed by atoms with van der Waals surface area (Å²) in [5.74, 6) is 1.03. The molecule has 0 aliphatic carbocycles. The predicted octanol–water partition coefficient (Wildman–Crippen LogP) is 2.50. The van der Waals surface area contributed by atoms with Gasteiger partial charge in [-0.2, -0.15) is 5.10 Å². The van der Waals surface area contributed by atoms with Gasteiger partial charge in [-0.05, 0) is 57.6 Å². The monoisotopic (exact) mass is 318 g/mol. The average Bonchev–Trinajstić information content (AvgIpc) is 2.88. The van der Waals surface area contributed by atoms with Crippen LogP contribution < -0.4 is 4.90 Å². The Bertz CT molecular complexity index is 508. The molecule has 0 aromatic carbocycles. The molecular formula is C18H30N4O. The molecule has 3 heterocycles. The maximum atomic E-state index is 5.47. The molecule has 0 radical (unpaired) electrons. The number of anilines is 1. The summed E-state index contributed by atoms with van der Waals surface area (Å²) < 4.78 is 5.47. The van der Waals surface area contributed by atoms with E-state index in [-0.39, 0.29) is 0 Å². The highest BCUT2D eigenvalue weighted by atomic mass is 16.5. The van der Waals surface area contributed by atoms with E-state index >= 15 is 0 Å². The first-order valence-corrected chi connectivity index (χ1v) is 8.83. The molecule has 5 nitrogen and oxygen atoms in total. The lowest BCUT2D eigenvalue weighted by molar-refractivity contribution is 0.0975. The van der Waals surface area contributed by atoms with Crippen LogP contribution in [0.3, 0.4) is 0 Å². The number of hydrogen-bond acceptors (Lipinski definition) is 5. The minimum absolute atomic E-state index is 0.460. The van der Waals surface area contributed by atoms with E-state index in [2.05, 4.69) is 46.0 Å². The van der Waals surface area contributed by atoms with Crippen LogP contribution in [-0.4, -0.2) is 60.5 Å². The molecule has 1 atom stereocenters. The van der Waals surface area contributed by atoms with Crippen molar-refractivity contribution in [3.05, 3.63) is 17.8 Å². The van der Waals surface area contributed by atoms with Crippen LogP contribution in [0.15, 0.2) is 12.1 Å². The van der Waals surface area contributed by atoms with E-state index in [0.29, 0.717) is 17.5 Å². The fourth-order valence-corrected chi connectivity index (χ4v) is 4.28. The maximum Gasteiger partial charge on any atom is 0.151 e. The number of methoxy groups -OCH3 is 1. The number of aryl methyl sites for hydroxylation is 1. The zero-order valence-corrected chi connectivity index (χ0v) is 15.0. The van der Waals surface area contributed by atoms with Gasteiger partial charge in [0.15, 0.2) is 5.82 Å². The van der Waals surface area contributed by atoms with Crippen LogP contribution in [0.5, 0.6) is 0 Å². The zero-order valence-electron chi connectivity index (χ0n) is 15.0. The summed E-state index contributed by atoms with van der Waals surface area (Å²) in [7, 11) is 1.82. The van der Waals surface area contributed by atoms with Crippen LogP contribution in [0, 0.1) is 12.3 Å². The molecule has 0 saturated carbocycles. The first kappa shape index (κ1) is 16.7. The Morgan fingerprint density at radius 1 is 1.26 bits per heavy atom. The van der Waals surface area contributed by atoms with E-state index in [9.17, 15) is 0 Å². The first-order chi connectivity index (χ1) is 11.0. The Morgan fingerprint density at radius 2 is 2.00 bits per heavy atom. The number of piperidine rings is 1. The van der Waals surface area contributed by atoms with Crippen LogP contribution in [0.4, 0.5) is 5.82 Å². The van der Waals surface area contributed by atoms with Gasteiger partial charge in [-0.25, -0.2) is 0 Å². The van der Waals surface area contributed by atoms with Crippen molar-refractivity contribution in [1.29, 1.82) is 0 Å². The van der Waals surface area contributed by atoms with Gasteiger partial charge in [0, 0.05) is 38.8 Å². The molecule has 0 bridgehead atoms. The molecule has 2 aliphatic heterocycles. The molecule has 128 valence electrons. The van der Waals surface area contributed by atoms with Gasteiger partial charge < -0.3 is 9.64 Å². The molecule has 23 heavy (non-hydrogen) atoms. The van der Waals surface area contributed by atoms with Crippen molar-refractivity contribution < 1.29 is 4.74 Å². The van der Waals surface area contributed by atoms with Gasteiger partial charge in [0.2, 0.25) is 0 Å². The molecule has 0 N–H and O–H groups in total. The average molecular weight is 318 g/mol. The number of hydrogen-bond donors (Lipinski definition) is 0. The fraction of sp³-hybridized carbons (Fsp3) is 0.778. The molecular weight excluding hydrogens is 288 g/mol. The standard InChI is InChI=1S/C18H30N4O/c1-14(2)22-13-18(11-16(22)12-23-4)7-9-21(10-8-18)17-6-5-15(3)19-20-17/h5-6,14,16H,7-13H2,1-4H3/t16-/m1/s1. The number of likely N-dealkylation sites (tertiary alicyclic amines) is 1. The van der Waals surface area contributed by atoms with Crippen molar-refractivity contribution in [1.82, 2.24) is 15.1 Å². The van der Waals surface area contributed by atoms with Crippen molar-refractivity contribution in [2.75, 3.05) is 38.3 Å². The molecule has 0 unspecified atom stereocenters. The second-order valence-corrected chi connectivity index (χ2v) is 7.60. The number of ether oxygens (including phenoxy) is 1. The second kappa shape index (κ2) is 6.73. The lowest BCUT2D eigenvalue weighted by Gasteiger charge is -2.40. The predicted molar refractivity (Wildman–Crippen MR) is 92.8 cm³/mol. The van der Waals surface area contributed by atoms with Crippen LogP contribution in [-0.2, 0) is 4.74 Å². The molecule has 2 aliphatic rings. The normalized spacial score (nSPS) is 24.7. The summed E-state index contributed by atoms with van der Waals surface area (Å²) in [4.78, 5) is 5.03. The summed E-state index contributed by atoms with van der Waals surface area (Å²) in [6.07, 6.45) is 3.75. The van der Waals surface area contributed by atoms with Crippen molar-refractivity contribution in [2.24, 2.45) is 5.41 Å². The third kappa shape index (κ3) is 3.50. The van der Waals surface area contributed by atoms with E-state index in [4.69, 9.17) is 4.74 Å². The van der Waals surface area contributed by atoms with Crippen molar-refractivity contribution in [3.8, 4) is 0 Å². The molecule has 0 amide bonds. The fourth-order valence-electron chi connectivity index (χ4n) is 4.28. The van der Waals surface area contributed by atoms with Crippen LogP contribution in [0.25, 0.3) is 0 Å². The van der Waals surface area contributed by atoms with Crippen molar-refractivity contribution in [3.63, 3.8) is 0 Å². The maximum absolute atomic E-state index is 5.47. The lowest BCUT2D eigenvalue weighted by Crippen LogP contribution is -2.43. The zero-order chi connectivity index (χ0) is 16.4. The van der Waals surface area contributed by atoms with E-state index in [0.717, 1.165) is 31.2 Å². The van der Waals surface area contributed by atoms with Crippen molar-refractivity contribution >= 4 is 5.82 Å². The van der Waals surface area contributed by atoms with Gasteiger partial charge in [0.1, 0.15) is 0 Å². The van der Waals surface area contributed by atoms with Crippen molar-refractivity contribution in [2.45, 2.75) is 52.1 Å². The molecule has 1 spiro atoms. The molecule has 1 aromatic rings. The van der Waals surface area contributed by atoms with Gasteiger partial charge in [-0.3, -0.25) is 4.90 Å². The summed E-state index contributed by atoms with van der Waals surface area (Å²) in [6, 6.07) is 5.32. The van der Waals surface area contributed by atoms with Crippen LogP contribution >= 0.6 is 0 Å². The highest BCUT2D eigenvalue weighted by Crippen LogP contribution is 2.44. The van der Waals surface area contributed by atoms with E-state index < -0.39 is 0 Å². The lowest BCUT2D eigenvalue weighted by atomic mass is 9.76. The summed E-state index contributed by atoms with van der Waals surface area (Å²) >= 11 is 0. The third-order valence-corrected chi connectivity index (χ3v) is 5.61. The SMILES string of the molecule is COC[C@H]1CC2(CCN(c3ccc(C)nn3)CC2)CN1C(C)C. The summed E-state index contributed by atoms with van der Waals surface area (Å²) in [6.45, 7) is 10.8. The van der Waals surface area contributed by atoms with Gasteiger partial charge in [-0.15, -0.1) is 5.10 Å². The van der Waals surface area contributed by atoms with Crippen LogP contribution in [0.1, 0.15) is 38.8 Å². The Hall–Kier alpha value is -1.20. The van der Waals surface area contributed by atoms with Gasteiger partial charge in [0.05, 0.1) is 12.3 Å². The minimum Gasteiger partial charge on any atom is -0.383 e. The summed E-state index contributed by atoms with van der Waals surface area (Å²) in [5, 5.41) is 8.55. The number of rotatable bonds is 4. The largest absolute Gasteiger partial charge is 0.383 e. The van der Waals surface area contributed by atoms with Gasteiger partial charge in [0.25, 0.3) is 0 Å². The second-order valence-electron chi connectivity index (χ2n) is 7.60. The third-order valence-electron chi connectivity index (χ3n) is 5.61. The smallest absolute Gasteiger partial charge is 0.151 e. The molecule has 3 rings (SSSR count). The van der Waals surface area contributed by atoms with Gasteiger partial charge in [-0.1, -0.05) is 0 Å². The molecule has 2 saturated heterocycles. The Balaban J connectivity index is 1.64. The Kier molecular flexibility index (Phi) is 4.87. The molecule has 2 fully saturated rings. The van der Waals surface area contributed by atoms with E-state index in [1.807, 2.05) is 14.0 Å². The highest BCUT2D eigenvalue weighted by Gasteiger charge is 2.46. The van der Waals surface area contributed by atoms with E-state index in [1.165, 1.54) is 25.8 Å². The van der Waals surface area contributed by atoms with Crippen LogP contribution in [0.2, 0.25) is 0 Å². The summed E-state index contributed by atoms with van der Waals surface area (Å²) in [5.41, 5.74) is 1.44. The van der Waals surface area contributed by atoms with E-state index in [1.54, 1.807) is 0 Å². The Morgan fingerprint density at radius 3 is 2.57 bits per heavy atom. The molecule has 5 heteroatoms. The highest BCUT2D eigenvalue weighted by molar-refractivity contribution is 5.38.